The minimum atomic E-state index is -0.172. The van der Waals surface area contributed by atoms with E-state index in [2.05, 4.69) is 22.1 Å². The van der Waals surface area contributed by atoms with Gasteiger partial charge in [0, 0.05) is 29.7 Å². The summed E-state index contributed by atoms with van der Waals surface area (Å²) < 4.78 is 0. The summed E-state index contributed by atoms with van der Waals surface area (Å²) in [5, 5.41) is 4.11. The van der Waals surface area contributed by atoms with Crippen molar-refractivity contribution in [2.24, 2.45) is 5.92 Å². The van der Waals surface area contributed by atoms with Crippen LogP contribution >= 0.6 is 23.2 Å². The lowest BCUT2D eigenvalue weighted by Crippen LogP contribution is -2.33. The summed E-state index contributed by atoms with van der Waals surface area (Å²) in [6.45, 7) is 4.89. The van der Waals surface area contributed by atoms with Crippen molar-refractivity contribution < 1.29 is 4.79 Å². The van der Waals surface area contributed by atoms with E-state index in [4.69, 9.17) is 23.2 Å². The van der Waals surface area contributed by atoms with Gasteiger partial charge in [0.25, 0.3) is 5.91 Å². The summed E-state index contributed by atoms with van der Waals surface area (Å²) in [6.07, 6.45) is 4.84. The van der Waals surface area contributed by atoms with Gasteiger partial charge in [0.05, 0.1) is 11.9 Å². The molecule has 0 bridgehead atoms. The predicted molar refractivity (Wildman–Crippen MR) is 107 cm³/mol. The van der Waals surface area contributed by atoms with Crippen molar-refractivity contribution in [3.63, 3.8) is 0 Å². The number of anilines is 1. The molecule has 3 rings (SSSR count). The molecule has 4 nitrogen and oxygen atoms in total. The Hall–Kier alpha value is -1.78. The van der Waals surface area contributed by atoms with Gasteiger partial charge in [-0.15, -0.1) is 0 Å². The summed E-state index contributed by atoms with van der Waals surface area (Å²) in [6, 6.07) is 9.16. The van der Waals surface area contributed by atoms with Gasteiger partial charge >= 0.3 is 0 Å². The quantitative estimate of drug-likeness (QED) is 0.809. The highest BCUT2D eigenvalue weighted by Gasteiger charge is 2.16. The van der Waals surface area contributed by atoms with E-state index >= 15 is 0 Å². The Morgan fingerprint density at radius 3 is 2.65 bits per heavy atom. The van der Waals surface area contributed by atoms with E-state index in [1.165, 1.54) is 12.8 Å². The van der Waals surface area contributed by atoms with Crippen molar-refractivity contribution in [1.29, 1.82) is 0 Å². The lowest BCUT2D eigenvalue weighted by Gasteiger charge is -2.31. The number of piperidine rings is 1. The molecule has 0 radical (unpaired) electrons. The number of carbonyl (C=O) groups excluding carboxylic acids is 1. The summed E-state index contributed by atoms with van der Waals surface area (Å²) in [7, 11) is 0. The highest BCUT2D eigenvalue weighted by Crippen LogP contribution is 2.23. The molecule has 1 fully saturated rings. The molecule has 1 N–H and O–H groups in total. The highest BCUT2D eigenvalue weighted by atomic mass is 35.5. The molecule has 0 aliphatic carbocycles. The van der Waals surface area contributed by atoms with Crippen LogP contribution in [0.2, 0.25) is 10.0 Å². The maximum Gasteiger partial charge on any atom is 0.269 e. The lowest BCUT2D eigenvalue weighted by atomic mass is 9.99. The molecule has 138 valence electrons. The fraction of sp³-hybridized carbons (Fsp3) is 0.400. The van der Waals surface area contributed by atoms with Crippen LogP contribution in [0.3, 0.4) is 0 Å². The van der Waals surface area contributed by atoms with Crippen LogP contribution < -0.4 is 10.2 Å². The second kappa shape index (κ2) is 8.74. The van der Waals surface area contributed by atoms with Crippen LogP contribution in [0, 0.1) is 5.92 Å². The number of hydrogen-bond donors (Lipinski definition) is 1. The number of amides is 1. The van der Waals surface area contributed by atoms with Crippen LogP contribution in [0.25, 0.3) is 0 Å². The number of rotatable bonds is 5. The maximum atomic E-state index is 12.3. The highest BCUT2D eigenvalue weighted by molar-refractivity contribution is 6.35. The Balaban J connectivity index is 1.51. The number of hydrogen-bond acceptors (Lipinski definition) is 3. The van der Waals surface area contributed by atoms with E-state index in [0.29, 0.717) is 28.7 Å². The fourth-order valence-electron chi connectivity index (χ4n) is 3.10. The summed E-state index contributed by atoms with van der Waals surface area (Å²) in [5.74, 6) is 0.618. The number of carbonyl (C=O) groups is 1. The maximum absolute atomic E-state index is 12.3. The zero-order chi connectivity index (χ0) is 18.5. The smallest absolute Gasteiger partial charge is 0.269 e. The standard InChI is InChI=1S/C20H23Cl2N3O/c1-14-7-10-25(11-8-14)17-4-5-19(24-13-17)20(26)23-9-6-15-2-3-16(21)12-18(15)22/h2-5,12-14H,6-11H2,1H3,(H,23,26). The van der Waals surface area contributed by atoms with Crippen molar-refractivity contribution in [3.8, 4) is 0 Å². The molecule has 1 amide bonds. The predicted octanol–water partition coefficient (Wildman–Crippen LogP) is 4.60. The van der Waals surface area contributed by atoms with Gasteiger partial charge in [-0.2, -0.15) is 0 Å². The van der Waals surface area contributed by atoms with Crippen molar-refractivity contribution in [2.75, 3.05) is 24.5 Å². The minimum Gasteiger partial charge on any atom is -0.370 e. The summed E-state index contributed by atoms with van der Waals surface area (Å²) in [5.41, 5.74) is 2.47. The topological polar surface area (TPSA) is 45.2 Å². The minimum absolute atomic E-state index is 0.172. The van der Waals surface area contributed by atoms with Gasteiger partial charge in [-0.3, -0.25) is 4.79 Å². The molecular weight excluding hydrogens is 369 g/mol. The molecule has 6 heteroatoms. The number of nitrogens with one attached hydrogen (secondary N) is 1. The Morgan fingerprint density at radius 2 is 2.00 bits per heavy atom. The zero-order valence-corrected chi connectivity index (χ0v) is 16.4. The second-order valence-corrected chi connectivity index (χ2v) is 7.66. The SMILES string of the molecule is CC1CCN(c2ccc(C(=O)NCCc3ccc(Cl)cc3Cl)nc2)CC1. The van der Waals surface area contributed by atoms with Crippen LogP contribution in [0.5, 0.6) is 0 Å². The number of benzene rings is 1. The number of halogens is 2. The largest absolute Gasteiger partial charge is 0.370 e. The van der Waals surface area contributed by atoms with Crippen LogP contribution in [0.15, 0.2) is 36.5 Å². The molecule has 2 aromatic rings. The van der Waals surface area contributed by atoms with Gasteiger partial charge in [-0.05, 0) is 55.0 Å². The van der Waals surface area contributed by atoms with Crippen molar-refractivity contribution in [2.45, 2.75) is 26.2 Å². The van der Waals surface area contributed by atoms with Crippen LogP contribution in [0.1, 0.15) is 35.8 Å². The van der Waals surface area contributed by atoms with E-state index in [0.717, 1.165) is 30.3 Å². The lowest BCUT2D eigenvalue weighted by molar-refractivity contribution is 0.0949. The normalized spacial score (nSPS) is 15.1. The average Bonchev–Trinajstić information content (AvgIpc) is 2.64. The fourth-order valence-corrected chi connectivity index (χ4v) is 3.60. The van der Waals surface area contributed by atoms with Gasteiger partial charge in [0.2, 0.25) is 0 Å². The molecule has 2 heterocycles. The monoisotopic (exact) mass is 391 g/mol. The van der Waals surface area contributed by atoms with E-state index < -0.39 is 0 Å². The molecule has 1 aliphatic rings. The molecule has 1 aromatic heterocycles. The Kier molecular flexibility index (Phi) is 6.38. The molecule has 0 atom stereocenters. The van der Waals surface area contributed by atoms with Crippen LogP contribution in [-0.4, -0.2) is 30.5 Å². The molecule has 1 saturated heterocycles. The third-order valence-corrected chi connectivity index (χ3v) is 5.41. The van der Waals surface area contributed by atoms with E-state index in [-0.39, 0.29) is 5.91 Å². The number of pyridine rings is 1. The van der Waals surface area contributed by atoms with Gasteiger partial charge in [0.1, 0.15) is 5.69 Å². The molecule has 0 spiro atoms. The molecule has 26 heavy (non-hydrogen) atoms. The van der Waals surface area contributed by atoms with E-state index in [9.17, 15) is 4.79 Å². The molecular formula is C20H23Cl2N3O. The zero-order valence-electron chi connectivity index (χ0n) is 14.8. The van der Waals surface area contributed by atoms with Crippen molar-refractivity contribution >= 4 is 34.8 Å². The van der Waals surface area contributed by atoms with Crippen LogP contribution in [-0.2, 0) is 6.42 Å². The van der Waals surface area contributed by atoms with Gasteiger partial charge in [0.15, 0.2) is 0 Å². The summed E-state index contributed by atoms with van der Waals surface area (Å²) in [4.78, 5) is 18.9. The first-order valence-corrected chi connectivity index (χ1v) is 9.71. The first-order valence-electron chi connectivity index (χ1n) is 8.96. The van der Waals surface area contributed by atoms with Crippen molar-refractivity contribution in [3.05, 3.63) is 57.8 Å². The first kappa shape index (κ1) is 19.0. The third kappa shape index (κ3) is 4.89. The van der Waals surface area contributed by atoms with Crippen LogP contribution in [0.4, 0.5) is 5.69 Å². The third-order valence-electron chi connectivity index (χ3n) is 4.82. The van der Waals surface area contributed by atoms with Crippen molar-refractivity contribution in [1.82, 2.24) is 10.3 Å². The van der Waals surface area contributed by atoms with E-state index in [1.54, 1.807) is 24.4 Å². The van der Waals surface area contributed by atoms with Gasteiger partial charge in [-0.25, -0.2) is 4.98 Å². The Labute approximate surface area is 164 Å². The molecule has 0 saturated carbocycles. The number of nitrogens with zero attached hydrogens (tertiary/aromatic N) is 2. The molecule has 0 unspecified atom stereocenters. The Morgan fingerprint density at radius 1 is 1.23 bits per heavy atom. The van der Waals surface area contributed by atoms with Gasteiger partial charge in [-0.1, -0.05) is 36.2 Å². The average molecular weight is 392 g/mol. The van der Waals surface area contributed by atoms with Gasteiger partial charge < -0.3 is 10.2 Å². The molecule has 1 aliphatic heterocycles. The van der Waals surface area contributed by atoms with E-state index in [1.807, 2.05) is 12.1 Å². The Bertz CT molecular complexity index is 756. The summed E-state index contributed by atoms with van der Waals surface area (Å²) >= 11 is 12.0. The number of aromatic nitrogens is 1. The molecule has 1 aromatic carbocycles. The first-order chi connectivity index (χ1) is 12.5. The second-order valence-electron chi connectivity index (χ2n) is 6.81.